The highest BCUT2D eigenvalue weighted by molar-refractivity contribution is 8.78. The summed E-state index contributed by atoms with van der Waals surface area (Å²) in [6.45, 7) is 7.06. The molecule has 1 unspecified atom stereocenters. The Bertz CT molecular complexity index is 163. The highest BCUT2D eigenvalue weighted by Crippen LogP contribution is 2.37. The standard InChI is InChI=1S/C11H21NS2/c1-3-5-8-12(9-6-4-2)11-7-10-13-14-11/h7,10-11H,3-6,8-9H2,1-2H3. The molecule has 82 valence electrons. The first-order chi connectivity index (χ1) is 6.88. The van der Waals surface area contributed by atoms with E-state index in [9.17, 15) is 0 Å². The lowest BCUT2D eigenvalue weighted by Gasteiger charge is -2.26. The second kappa shape index (κ2) is 7.66. The first-order valence-electron chi connectivity index (χ1n) is 5.61. The van der Waals surface area contributed by atoms with Crippen LogP contribution in [-0.4, -0.2) is 23.4 Å². The van der Waals surface area contributed by atoms with Crippen LogP contribution in [0.5, 0.6) is 0 Å². The summed E-state index contributed by atoms with van der Waals surface area (Å²) in [6.07, 6.45) is 7.60. The summed E-state index contributed by atoms with van der Waals surface area (Å²) in [6, 6.07) is 0. The van der Waals surface area contributed by atoms with E-state index in [0.29, 0.717) is 5.37 Å². The maximum Gasteiger partial charge on any atom is 0.0859 e. The fourth-order valence-corrected chi connectivity index (χ4v) is 3.74. The Morgan fingerprint density at radius 2 is 1.79 bits per heavy atom. The monoisotopic (exact) mass is 231 g/mol. The van der Waals surface area contributed by atoms with Crippen LogP contribution in [0.25, 0.3) is 0 Å². The molecule has 14 heavy (non-hydrogen) atoms. The highest BCUT2D eigenvalue weighted by atomic mass is 33.1. The van der Waals surface area contributed by atoms with Gasteiger partial charge in [0.05, 0.1) is 5.37 Å². The molecule has 1 aliphatic rings. The molecule has 1 atom stereocenters. The maximum absolute atomic E-state index is 2.62. The average Bonchev–Trinajstić information content (AvgIpc) is 2.71. The zero-order chi connectivity index (χ0) is 10.2. The summed E-state index contributed by atoms with van der Waals surface area (Å²) < 4.78 is 0. The van der Waals surface area contributed by atoms with Gasteiger partial charge in [-0.1, -0.05) is 48.3 Å². The predicted octanol–water partition coefficient (Wildman–Crippen LogP) is 4.12. The quantitative estimate of drug-likeness (QED) is 0.607. The van der Waals surface area contributed by atoms with Gasteiger partial charge in [0.25, 0.3) is 0 Å². The second-order valence-electron chi connectivity index (χ2n) is 3.65. The summed E-state index contributed by atoms with van der Waals surface area (Å²) in [5.41, 5.74) is 0. The number of rotatable bonds is 7. The first kappa shape index (κ1) is 12.5. The van der Waals surface area contributed by atoms with Crippen molar-refractivity contribution in [2.75, 3.05) is 13.1 Å². The minimum Gasteiger partial charge on any atom is -0.288 e. The van der Waals surface area contributed by atoms with Crippen molar-refractivity contribution >= 4 is 21.6 Å². The number of nitrogens with zero attached hydrogens (tertiary/aromatic N) is 1. The average molecular weight is 231 g/mol. The van der Waals surface area contributed by atoms with Crippen LogP contribution in [0, 0.1) is 0 Å². The van der Waals surface area contributed by atoms with E-state index < -0.39 is 0 Å². The molecule has 0 fully saturated rings. The fraction of sp³-hybridized carbons (Fsp3) is 0.818. The molecule has 0 amide bonds. The van der Waals surface area contributed by atoms with Crippen LogP contribution in [-0.2, 0) is 0 Å². The van der Waals surface area contributed by atoms with Crippen LogP contribution in [0.15, 0.2) is 11.5 Å². The molecule has 1 nitrogen and oxygen atoms in total. The van der Waals surface area contributed by atoms with E-state index in [-0.39, 0.29) is 0 Å². The van der Waals surface area contributed by atoms with Crippen molar-refractivity contribution in [2.24, 2.45) is 0 Å². The predicted molar refractivity (Wildman–Crippen MR) is 69.5 cm³/mol. The third-order valence-corrected chi connectivity index (χ3v) is 4.70. The molecule has 0 aromatic rings. The fourth-order valence-electron chi connectivity index (χ4n) is 1.49. The summed E-state index contributed by atoms with van der Waals surface area (Å²) in [5, 5.41) is 2.86. The number of hydrogen-bond donors (Lipinski definition) is 0. The van der Waals surface area contributed by atoms with Crippen molar-refractivity contribution in [3.63, 3.8) is 0 Å². The van der Waals surface area contributed by atoms with Gasteiger partial charge in [0, 0.05) is 0 Å². The van der Waals surface area contributed by atoms with Gasteiger partial charge in [0.2, 0.25) is 0 Å². The maximum atomic E-state index is 2.62. The molecule has 0 N–H and O–H groups in total. The SMILES string of the molecule is CCCCN(CCCC)C1C=CSS1. The summed E-state index contributed by atoms with van der Waals surface area (Å²) >= 11 is 0. The largest absolute Gasteiger partial charge is 0.288 e. The molecule has 1 rings (SSSR count). The Hall–Kier alpha value is 0.400. The molecule has 0 saturated heterocycles. The van der Waals surface area contributed by atoms with E-state index in [0.717, 1.165) is 0 Å². The molecule has 0 saturated carbocycles. The van der Waals surface area contributed by atoms with Gasteiger partial charge in [-0.15, -0.1) is 0 Å². The Morgan fingerprint density at radius 3 is 2.21 bits per heavy atom. The van der Waals surface area contributed by atoms with E-state index in [2.05, 4.69) is 30.2 Å². The molecule has 1 aliphatic heterocycles. The lowest BCUT2D eigenvalue weighted by Crippen LogP contribution is -2.32. The van der Waals surface area contributed by atoms with Gasteiger partial charge in [0.1, 0.15) is 0 Å². The zero-order valence-electron chi connectivity index (χ0n) is 9.24. The molecule has 0 aliphatic carbocycles. The van der Waals surface area contributed by atoms with Crippen molar-refractivity contribution in [1.82, 2.24) is 4.90 Å². The third-order valence-electron chi connectivity index (χ3n) is 2.41. The summed E-state index contributed by atoms with van der Waals surface area (Å²) in [4.78, 5) is 2.62. The molecule has 0 aromatic carbocycles. The Kier molecular flexibility index (Phi) is 6.82. The second-order valence-corrected chi connectivity index (χ2v) is 5.95. The number of unbranched alkanes of at least 4 members (excludes halogenated alkanes) is 2. The normalized spacial score (nSPS) is 20.9. The highest BCUT2D eigenvalue weighted by Gasteiger charge is 2.18. The van der Waals surface area contributed by atoms with Gasteiger partial charge in [-0.3, -0.25) is 4.90 Å². The molecule has 0 bridgehead atoms. The van der Waals surface area contributed by atoms with E-state index in [1.165, 1.54) is 38.8 Å². The topological polar surface area (TPSA) is 3.24 Å². The Labute approximate surface area is 96.1 Å². The van der Waals surface area contributed by atoms with Crippen molar-refractivity contribution < 1.29 is 0 Å². The molecular weight excluding hydrogens is 210 g/mol. The van der Waals surface area contributed by atoms with Crippen molar-refractivity contribution in [2.45, 2.75) is 44.9 Å². The van der Waals surface area contributed by atoms with Crippen LogP contribution >= 0.6 is 21.6 Å². The van der Waals surface area contributed by atoms with E-state index in [4.69, 9.17) is 0 Å². The minimum absolute atomic E-state index is 0.637. The van der Waals surface area contributed by atoms with E-state index in [1.54, 1.807) is 0 Å². The molecule has 3 heteroatoms. The van der Waals surface area contributed by atoms with Gasteiger partial charge in [-0.05, 0) is 37.4 Å². The lowest BCUT2D eigenvalue weighted by molar-refractivity contribution is 0.275. The molecular formula is C11H21NS2. The van der Waals surface area contributed by atoms with E-state index in [1.807, 2.05) is 21.6 Å². The van der Waals surface area contributed by atoms with Crippen LogP contribution in [0.3, 0.4) is 0 Å². The van der Waals surface area contributed by atoms with E-state index >= 15 is 0 Å². The Balaban J connectivity index is 2.30. The molecule has 0 spiro atoms. The van der Waals surface area contributed by atoms with Crippen LogP contribution < -0.4 is 0 Å². The van der Waals surface area contributed by atoms with Gasteiger partial charge < -0.3 is 0 Å². The summed E-state index contributed by atoms with van der Waals surface area (Å²) in [5.74, 6) is 0. The molecule has 1 heterocycles. The molecule has 0 aromatic heterocycles. The van der Waals surface area contributed by atoms with Crippen molar-refractivity contribution in [3.8, 4) is 0 Å². The first-order valence-corrected chi connectivity index (χ1v) is 7.89. The van der Waals surface area contributed by atoms with Crippen LogP contribution in [0.1, 0.15) is 39.5 Å². The Morgan fingerprint density at radius 1 is 1.14 bits per heavy atom. The van der Waals surface area contributed by atoms with Gasteiger partial charge >= 0.3 is 0 Å². The lowest BCUT2D eigenvalue weighted by atomic mass is 10.2. The summed E-state index contributed by atoms with van der Waals surface area (Å²) in [7, 11) is 3.85. The van der Waals surface area contributed by atoms with Crippen LogP contribution in [0.2, 0.25) is 0 Å². The van der Waals surface area contributed by atoms with Gasteiger partial charge in [-0.25, -0.2) is 0 Å². The smallest absolute Gasteiger partial charge is 0.0859 e. The zero-order valence-corrected chi connectivity index (χ0v) is 10.9. The van der Waals surface area contributed by atoms with Gasteiger partial charge in [0.15, 0.2) is 0 Å². The third kappa shape index (κ3) is 4.28. The van der Waals surface area contributed by atoms with Crippen LogP contribution in [0.4, 0.5) is 0 Å². The van der Waals surface area contributed by atoms with Gasteiger partial charge in [-0.2, -0.15) is 0 Å². The van der Waals surface area contributed by atoms with Crippen molar-refractivity contribution in [3.05, 3.63) is 11.5 Å². The number of hydrogen-bond acceptors (Lipinski definition) is 3. The molecule has 0 radical (unpaired) electrons. The minimum atomic E-state index is 0.637. The van der Waals surface area contributed by atoms with Crippen molar-refractivity contribution in [1.29, 1.82) is 0 Å².